The van der Waals surface area contributed by atoms with Crippen LogP contribution in [-0.2, 0) is 11.0 Å². The van der Waals surface area contributed by atoms with Crippen LogP contribution in [0.25, 0.3) is 11.1 Å². The van der Waals surface area contributed by atoms with Crippen LogP contribution in [-0.4, -0.2) is 48.8 Å². The van der Waals surface area contributed by atoms with Gasteiger partial charge in [-0.25, -0.2) is 14.6 Å². The molecule has 160 valence electrons. The highest BCUT2D eigenvalue weighted by atomic mass is 19.4. The molecule has 0 spiro atoms. The second kappa shape index (κ2) is 7.69. The molecule has 0 aromatic carbocycles. The topological polar surface area (TPSA) is 89.9 Å². The van der Waals surface area contributed by atoms with Crippen LogP contribution in [0.3, 0.4) is 0 Å². The van der Waals surface area contributed by atoms with Crippen molar-refractivity contribution < 1.29 is 22.5 Å². The number of alkyl halides is 3. The average Bonchev–Trinajstić information content (AvgIpc) is 3.37. The molecule has 1 fully saturated rings. The number of aryl methyl sites for hydroxylation is 1. The Morgan fingerprint density at radius 2 is 2.07 bits per heavy atom. The molecule has 30 heavy (non-hydrogen) atoms. The maximum atomic E-state index is 13.6. The predicted molar refractivity (Wildman–Crippen MR) is 99.4 cm³/mol. The molecule has 1 atom stereocenters. The van der Waals surface area contributed by atoms with Crippen LogP contribution in [0.1, 0.15) is 55.1 Å². The lowest BCUT2D eigenvalue weighted by atomic mass is 9.91. The van der Waals surface area contributed by atoms with Crippen molar-refractivity contribution in [2.75, 3.05) is 13.1 Å². The van der Waals surface area contributed by atoms with Gasteiger partial charge in [0.1, 0.15) is 12.7 Å². The van der Waals surface area contributed by atoms with E-state index in [2.05, 4.69) is 20.2 Å². The van der Waals surface area contributed by atoms with Crippen molar-refractivity contribution in [1.82, 2.24) is 29.8 Å². The summed E-state index contributed by atoms with van der Waals surface area (Å²) in [5.41, 5.74) is -0.383. The Morgan fingerprint density at radius 3 is 2.70 bits per heavy atom. The van der Waals surface area contributed by atoms with Gasteiger partial charge in [0.2, 0.25) is 5.91 Å². The lowest BCUT2D eigenvalue weighted by molar-refractivity contribution is -0.136. The van der Waals surface area contributed by atoms with Gasteiger partial charge in [-0.15, -0.1) is 0 Å². The number of piperidine rings is 1. The van der Waals surface area contributed by atoms with Gasteiger partial charge >= 0.3 is 6.18 Å². The lowest BCUT2D eigenvalue weighted by Crippen LogP contribution is -2.38. The van der Waals surface area contributed by atoms with E-state index in [1.54, 1.807) is 15.9 Å². The molecule has 1 aliphatic rings. The molecule has 1 aliphatic heterocycles. The summed E-state index contributed by atoms with van der Waals surface area (Å²) in [6, 6.07) is 0.979. The minimum absolute atomic E-state index is 0.0123. The Bertz CT molecular complexity index is 1040. The number of hydrogen-bond acceptors (Lipinski definition) is 6. The SMILES string of the molecule is Cc1noc2nc(C3CCN(C(=O)CC(C)n4cncn4)CC3)cc(C(F)(F)F)c12. The first kappa shape index (κ1) is 20.3. The predicted octanol–water partition coefficient (Wildman–Crippen LogP) is 3.50. The molecule has 0 N–H and O–H groups in total. The number of aromatic nitrogens is 5. The number of likely N-dealkylation sites (tertiary alicyclic amines) is 1. The molecular formula is C19H21F3N6O2. The Hall–Kier alpha value is -2.98. The van der Waals surface area contributed by atoms with Gasteiger partial charge in [-0.1, -0.05) is 5.16 Å². The molecule has 4 rings (SSSR count). The van der Waals surface area contributed by atoms with Crippen LogP contribution in [0, 0.1) is 6.92 Å². The number of carbonyl (C=O) groups is 1. The van der Waals surface area contributed by atoms with E-state index in [9.17, 15) is 18.0 Å². The first-order valence-corrected chi connectivity index (χ1v) is 9.70. The number of nitrogens with zero attached hydrogens (tertiary/aromatic N) is 6. The van der Waals surface area contributed by atoms with Crippen molar-refractivity contribution in [3.63, 3.8) is 0 Å². The summed E-state index contributed by atoms with van der Waals surface area (Å²) in [6.45, 7) is 4.28. The van der Waals surface area contributed by atoms with Crippen LogP contribution in [0.4, 0.5) is 13.2 Å². The molecule has 4 heterocycles. The van der Waals surface area contributed by atoms with Gasteiger partial charge in [-0.05, 0) is 32.8 Å². The summed E-state index contributed by atoms with van der Waals surface area (Å²) >= 11 is 0. The van der Waals surface area contributed by atoms with Crippen LogP contribution in [0.15, 0.2) is 23.2 Å². The Kier molecular flexibility index (Phi) is 5.20. The molecule has 1 unspecified atom stereocenters. The monoisotopic (exact) mass is 422 g/mol. The van der Waals surface area contributed by atoms with Gasteiger partial charge in [-0.3, -0.25) is 4.79 Å². The molecular weight excluding hydrogens is 401 g/mol. The van der Waals surface area contributed by atoms with E-state index in [-0.39, 0.29) is 41.1 Å². The van der Waals surface area contributed by atoms with Crippen molar-refractivity contribution >= 4 is 17.0 Å². The minimum atomic E-state index is -4.53. The van der Waals surface area contributed by atoms with E-state index in [4.69, 9.17) is 4.52 Å². The largest absolute Gasteiger partial charge is 0.417 e. The molecule has 1 amide bonds. The summed E-state index contributed by atoms with van der Waals surface area (Å²) in [7, 11) is 0. The van der Waals surface area contributed by atoms with Gasteiger partial charge in [0.25, 0.3) is 5.71 Å². The van der Waals surface area contributed by atoms with Crippen LogP contribution < -0.4 is 0 Å². The van der Waals surface area contributed by atoms with E-state index in [0.29, 0.717) is 31.6 Å². The second-order valence-corrected chi connectivity index (χ2v) is 7.62. The number of carbonyl (C=O) groups excluding carboxylic acids is 1. The summed E-state index contributed by atoms with van der Waals surface area (Å²) in [5, 5.41) is 7.58. The lowest BCUT2D eigenvalue weighted by Gasteiger charge is -2.32. The van der Waals surface area contributed by atoms with E-state index < -0.39 is 11.7 Å². The zero-order chi connectivity index (χ0) is 21.5. The van der Waals surface area contributed by atoms with Gasteiger partial charge in [0.15, 0.2) is 0 Å². The number of hydrogen-bond donors (Lipinski definition) is 0. The summed E-state index contributed by atoms with van der Waals surface area (Å²) in [6.07, 6.45) is -0.191. The smallest absolute Gasteiger partial charge is 0.343 e. The number of amides is 1. The standard InChI is InChI=1S/C19H21F3N6O2/c1-11(28-10-23-9-24-28)7-16(29)27-5-3-13(4-6-27)15-8-14(19(20,21)22)17-12(2)26-30-18(17)25-15/h8-11,13H,3-7H2,1-2H3. The molecule has 11 heteroatoms. The third-order valence-electron chi connectivity index (χ3n) is 5.57. The van der Waals surface area contributed by atoms with E-state index in [1.807, 2.05) is 6.92 Å². The van der Waals surface area contributed by atoms with Crippen molar-refractivity contribution in [1.29, 1.82) is 0 Å². The fourth-order valence-electron chi connectivity index (χ4n) is 3.89. The number of pyridine rings is 1. The molecule has 0 bridgehead atoms. The van der Waals surface area contributed by atoms with Gasteiger partial charge in [-0.2, -0.15) is 18.3 Å². The Balaban J connectivity index is 1.46. The zero-order valence-corrected chi connectivity index (χ0v) is 16.6. The van der Waals surface area contributed by atoms with Gasteiger partial charge < -0.3 is 9.42 Å². The molecule has 0 aliphatic carbocycles. The average molecular weight is 422 g/mol. The zero-order valence-electron chi connectivity index (χ0n) is 16.6. The Morgan fingerprint density at radius 1 is 1.33 bits per heavy atom. The number of rotatable bonds is 4. The first-order valence-electron chi connectivity index (χ1n) is 9.70. The highest BCUT2D eigenvalue weighted by Crippen LogP contribution is 2.38. The van der Waals surface area contributed by atoms with Crippen LogP contribution in [0.5, 0.6) is 0 Å². The third-order valence-corrected chi connectivity index (χ3v) is 5.57. The highest BCUT2D eigenvalue weighted by molar-refractivity contribution is 5.81. The third kappa shape index (κ3) is 3.88. The second-order valence-electron chi connectivity index (χ2n) is 7.62. The maximum Gasteiger partial charge on any atom is 0.417 e. The quantitative estimate of drug-likeness (QED) is 0.639. The van der Waals surface area contributed by atoms with Gasteiger partial charge in [0, 0.05) is 31.1 Å². The van der Waals surface area contributed by atoms with Crippen molar-refractivity contribution in [3.05, 3.63) is 35.7 Å². The highest BCUT2D eigenvalue weighted by Gasteiger charge is 2.37. The summed E-state index contributed by atoms with van der Waals surface area (Å²) in [4.78, 5) is 22.5. The Labute approximate surface area is 170 Å². The summed E-state index contributed by atoms with van der Waals surface area (Å²) < 4.78 is 47.3. The van der Waals surface area contributed by atoms with E-state index in [0.717, 1.165) is 6.07 Å². The molecule has 0 radical (unpaired) electrons. The maximum absolute atomic E-state index is 13.6. The first-order chi connectivity index (χ1) is 14.2. The normalized spacial score (nSPS) is 16.9. The van der Waals surface area contributed by atoms with Gasteiger partial charge in [0.05, 0.1) is 22.7 Å². The van der Waals surface area contributed by atoms with Crippen molar-refractivity contribution in [2.24, 2.45) is 0 Å². The van der Waals surface area contributed by atoms with Crippen LogP contribution in [0.2, 0.25) is 0 Å². The number of fused-ring (bicyclic) bond motifs is 1. The molecule has 3 aromatic rings. The molecule has 3 aromatic heterocycles. The molecule has 8 nitrogen and oxygen atoms in total. The fourth-order valence-corrected chi connectivity index (χ4v) is 3.89. The van der Waals surface area contributed by atoms with Crippen LogP contribution >= 0.6 is 0 Å². The molecule has 0 saturated carbocycles. The van der Waals surface area contributed by atoms with E-state index in [1.165, 1.54) is 13.3 Å². The van der Waals surface area contributed by atoms with E-state index >= 15 is 0 Å². The van der Waals surface area contributed by atoms with Crippen molar-refractivity contribution in [2.45, 2.75) is 51.2 Å². The van der Waals surface area contributed by atoms with Crippen molar-refractivity contribution in [3.8, 4) is 0 Å². The minimum Gasteiger partial charge on any atom is -0.343 e. The molecule has 1 saturated heterocycles. The fraction of sp³-hybridized carbons (Fsp3) is 0.526. The summed E-state index contributed by atoms with van der Waals surface area (Å²) in [5.74, 6) is -0.195. The number of halogens is 3.